The zero-order chi connectivity index (χ0) is 31.6. The molecular formula is C26H18F3N3O9S2. The Bertz CT molecular complexity index is 1830. The third kappa shape index (κ3) is 6.62. The number of ether oxygens (including phenoxy) is 1. The Morgan fingerprint density at radius 2 is 1.79 bits per heavy atom. The SMILES string of the molecule is COc1cc(/C=C2\SC(=O)N(CC(=O)Nc3ccc(F)c(F)c3F)C2=O)ccc1OS(=O)(=O)c1ccc(C)c([N+](=O)[O-])c1. The van der Waals surface area contributed by atoms with Crippen LogP contribution < -0.4 is 14.2 Å². The molecule has 1 heterocycles. The van der Waals surface area contributed by atoms with Crippen LogP contribution in [0.5, 0.6) is 11.5 Å². The molecule has 224 valence electrons. The fourth-order valence-corrected chi connectivity index (χ4v) is 5.49. The van der Waals surface area contributed by atoms with Gasteiger partial charge in [0.05, 0.1) is 22.6 Å². The second kappa shape index (κ2) is 12.1. The van der Waals surface area contributed by atoms with Gasteiger partial charge < -0.3 is 14.2 Å². The Hall–Kier alpha value is -4.90. The van der Waals surface area contributed by atoms with E-state index in [0.717, 1.165) is 18.2 Å². The number of rotatable bonds is 9. The van der Waals surface area contributed by atoms with Gasteiger partial charge in [-0.05, 0) is 60.7 Å². The number of carbonyl (C=O) groups excluding carboxylic acids is 3. The van der Waals surface area contributed by atoms with Gasteiger partial charge in [-0.2, -0.15) is 8.42 Å². The molecule has 17 heteroatoms. The minimum Gasteiger partial charge on any atom is -0.493 e. The molecule has 0 atom stereocenters. The minimum atomic E-state index is -4.53. The number of thioether (sulfide) groups is 1. The molecule has 1 N–H and O–H groups in total. The van der Waals surface area contributed by atoms with Gasteiger partial charge in [0.15, 0.2) is 29.0 Å². The normalized spacial score (nSPS) is 14.3. The molecule has 0 spiro atoms. The van der Waals surface area contributed by atoms with Crippen molar-refractivity contribution in [2.24, 2.45) is 0 Å². The molecule has 0 saturated carbocycles. The fourth-order valence-electron chi connectivity index (χ4n) is 3.69. The van der Waals surface area contributed by atoms with Crippen molar-refractivity contribution in [2.45, 2.75) is 11.8 Å². The number of hydrogen-bond acceptors (Lipinski definition) is 10. The number of nitrogens with one attached hydrogen (secondary N) is 1. The van der Waals surface area contributed by atoms with Gasteiger partial charge in [-0.25, -0.2) is 13.2 Å². The number of aryl methyl sites for hydroxylation is 1. The van der Waals surface area contributed by atoms with Gasteiger partial charge in [-0.1, -0.05) is 12.1 Å². The van der Waals surface area contributed by atoms with Crippen LogP contribution in [0.15, 0.2) is 58.3 Å². The number of nitro groups is 1. The van der Waals surface area contributed by atoms with Crippen LogP contribution in [-0.4, -0.2) is 48.9 Å². The van der Waals surface area contributed by atoms with Crippen LogP contribution in [-0.2, 0) is 19.7 Å². The molecule has 12 nitrogen and oxygen atoms in total. The molecule has 3 aromatic rings. The first kappa shape index (κ1) is 31.0. The van der Waals surface area contributed by atoms with Gasteiger partial charge in [0.2, 0.25) is 5.91 Å². The fraction of sp³-hybridized carbons (Fsp3) is 0.115. The predicted octanol–water partition coefficient (Wildman–Crippen LogP) is 4.77. The molecule has 1 fully saturated rings. The van der Waals surface area contributed by atoms with E-state index in [9.17, 15) is 46.1 Å². The van der Waals surface area contributed by atoms with Crippen molar-refractivity contribution in [3.05, 3.63) is 92.1 Å². The average Bonchev–Trinajstić information content (AvgIpc) is 3.21. The topological polar surface area (TPSA) is 162 Å². The first-order chi connectivity index (χ1) is 20.2. The summed E-state index contributed by atoms with van der Waals surface area (Å²) in [6.45, 7) is 0.587. The first-order valence-electron chi connectivity index (χ1n) is 11.8. The number of anilines is 1. The summed E-state index contributed by atoms with van der Waals surface area (Å²) in [7, 11) is -3.32. The van der Waals surface area contributed by atoms with E-state index in [1.165, 1.54) is 44.4 Å². The molecule has 1 aliphatic rings. The van der Waals surface area contributed by atoms with Crippen LogP contribution in [0, 0.1) is 34.5 Å². The monoisotopic (exact) mass is 637 g/mol. The molecular weight excluding hydrogens is 619 g/mol. The van der Waals surface area contributed by atoms with Gasteiger partial charge in [0.1, 0.15) is 11.4 Å². The Morgan fingerprint density at radius 3 is 2.47 bits per heavy atom. The Kier molecular flexibility index (Phi) is 8.77. The van der Waals surface area contributed by atoms with Crippen molar-refractivity contribution in [1.82, 2.24) is 4.90 Å². The molecule has 3 amide bonds. The zero-order valence-corrected chi connectivity index (χ0v) is 23.6. The summed E-state index contributed by atoms with van der Waals surface area (Å²) in [4.78, 5) is 47.9. The number of nitrogens with zero attached hydrogens (tertiary/aromatic N) is 2. The maximum atomic E-state index is 13.9. The highest BCUT2D eigenvalue weighted by molar-refractivity contribution is 8.18. The summed E-state index contributed by atoms with van der Waals surface area (Å²) in [5, 5.41) is 12.3. The Labute approximate surface area is 245 Å². The lowest BCUT2D eigenvalue weighted by Gasteiger charge is -2.13. The predicted molar refractivity (Wildman–Crippen MR) is 146 cm³/mol. The van der Waals surface area contributed by atoms with Gasteiger partial charge in [-0.15, -0.1) is 0 Å². The van der Waals surface area contributed by atoms with Crippen LogP contribution in [0.2, 0.25) is 0 Å². The summed E-state index contributed by atoms with van der Waals surface area (Å²) < 4.78 is 76.3. The highest BCUT2D eigenvalue weighted by atomic mass is 32.2. The molecule has 0 aliphatic carbocycles. The number of carbonyl (C=O) groups is 3. The number of hydrogen-bond donors (Lipinski definition) is 1. The van der Waals surface area contributed by atoms with E-state index in [1.54, 1.807) is 0 Å². The number of halogens is 3. The lowest BCUT2D eigenvalue weighted by molar-refractivity contribution is -0.385. The van der Waals surface area contributed by atoms with Gasteiger partial charge in [0, 0.05) is 11.6 Å². The summed E-state index contributed by atoms with van der Waals surface area (Å²) in [5.74, 6) is -7.27. The number of benzene rings is 3. The molecule has 43 heavy (non-hydrogen) atoms. The Morgan fingerprint density at radius 1 is 1.07 bits per heavy atom. The lowest BCUT2D eigenvalue weighted by Crippen LogP contribution is -2.36. The molecule has 0 aromatic heterocycles. The average molecular weight is 638 g/mol. The van der Waals surface area contributed by atoms with E-state index in [1.807, 2.05) is 5.32 Å². The molecule has 1 aliphatic heterocycles. The quantitative estimate of drug-likeness (QED) is 0.114. The van der Waals surface area contributed by atoms with E-state index in [-0.39, 0.29) is 27.5 Å². The van der Waals surface area contributed by atoms with E-state index in [4.69, 9.17) is 8.92 Å². The summed E-state index contributed by atoms with van der Waals surface area (Å²) >= 11 is 0.474. The van der Waals surface area contributed by atoms with Gasteiger partial charge >= 0.3 is 10.1 Å². The summed E-state index contributed by atoms with van der Waals surface area (Å²) in [6.07, 6.45) is 1.25. The smallest absolute Gasteiger partial charge is 0.339 e. The number of methoxy groups -OCH3 is 1. The van der Waals surface area contributed by atoms with E-state index < -0.39 is 72.4 Å². The first-order valence-corrected chi connectivity index (χ1v) is 14.0. The van der Waals surface area contributed by atoms with Crippen molar-refractivity contribution in [3.8, 4) is 11.5 Å². The van der Waals surface area contributed by atoms with E-state index >= 15 is 0 Å². The third-order valence-corrected chi connectivity index (χ3v) is 7.97. The number of imide groups is 1. The van der Waals surface area contributed by atoms with Gasteiger partial charge in [0.25, 0.3) is 16.8 Å². The number of amides is 3. The molecule has 1 saturated heterocycles. The van der Waals surface area contributed by atoms with Gasteiger partial charge in [-0.3, -0.25) is 29.4 Å². The molecule has 4 rings (SSSR count). The van der Waals surface area contributed by atoms with Crippen molar-refractivity contribution in [3.63, 3.8) is 0 Å². The molecule has 0 radical (unpaired) electrons. The van der Waals surface area contributed by atoms with Crippen LogP contribution >= 0.6 is 11.8 Å². The van der Waals surface area contributed by atoms with Crippen LogP contribution in [0.1, 0.15) is 11.1 Å². The second-order valence-electron chi connectivity index (χ2n) is 8.69. The standard InChI is InChI=1S/C26H18F3N3O9S2/c1-13-3-5-15(11-18(13)32(36)37)43(38,39)41-19-8-4-14(9-20(19)40-2)10-21-25(34)31(26(35)42-21)12-22(33)30-17-7-6-16(27)23(28)24(17)29/h3-11H,12H2,1-2H3,(H,30,33)/b21-10-. The minimum absolute atomic E-state index is 0.105. The zero-order valence-electron chi connectivity index (χ0n) is 21.9. The third-order valence-electron chi connectivity index (χ3n) is 5.84. The van der Waals surface area contributed by atoms with Crippen molar-refractivity contribution in [2.75, 3.05) is 19.0 Å². The maximum Gasteiger partial charge on any atom is 0.339 e. The van der Waals surface area contributed by atoms with Crippen LogP contribution in [0.3, 0.4) is 0 Å². The second-order valence-corrected chi connectivity index (χ2v) is 11.2. The highest BCUT2D eigenvalue weighted by Gasteiger charge is 2.36. The number of nitro benzene ring substituents is 1. The largest absolute Gasteiger partial charge is 0.493 e. The maximum absolute atomic E-state index is 13.9. The lowest BCUT2D eigenvalue weighted by atomic mass is 10.2. The Balaban J connectivity index is 1.50. The van der Waals surface area contributed by atoms with Crippen molar-refractivity contribution < 1.29 is 49.8 Å². The summed E-state index contributed by atoms with van der Waals surface area (Å²) in [6, 6.07) is 8.43. The molecule has 0 bridgehead atoms. The highest BCUT2D eigenvalue weighted by Crippen LogP contribution is 2.36. The molecule has 3 aromatic carbocycles. The van der Waals surface area contributed by atoms with Crippen molar-refractivity contribution in [1.29, 1.82) is 0 Å². The van der Waals surface area contributed by atoms with Crippen LogP contribution in [0.25, 0.3) is 6.08 Å². The van der Waals surface area contributed by atoms with Crippen LogP contribution in [0.4, 0.5) is 29.3 Å². The summed E-state index contributed by atoms with van der Waals surface area (Å²) in [5.41, 5.74) is -0.613. The van der Waals surface area contributed by atoms with Crippen molar-refractivity contribution >= 4 is 56.4 Å². The van der Waals surface area contributed by atoms with E-state index in [2.05, 4.69) is 0 Å². The molecule has 0 unspecified atom stereocenters. The van der Waals surface area contributed by atoms with E-state index in [0.29, 0.717) is 22.7 Å².